The second kappa shape index (κ2) is 3.21. The fourth-order valence-electron chi connectivity index (χ4n) is 1.95. The van der Waals surface area contributed by atoms with E-state index in [1.54, 1.807) is 0 Å². The molecule has 2 rings (SSSR count). The lowest BCUT2D eigenvalue weighted by atomic mass is 9.84. The second-order valence-electron chi connectivity index (χ2n) is 3.40. The maximum absolute atomic E-state index is 4.34. The van der Waals surface area contributed by atoms with Crippen LogP contribution in [0, 0.1) is 12.0 Å². The summed E-state index contributed by atoms with van der Waals surface area (Å²) in [7, 11) is 0. The van der Waals surface area contributed by atoms with E-state index >= 15 is 0 Å². The minimum Gasteiger partial charge on any atom is -0.279 e. The molecule has 2 aliphatic rings. The van der Waals surface area contributed by atoms with Crippen LogP contribution in [0.3, 0.4) is 0 Å². The van der Waals surface area contributed by atoms with Crippen LogP contribution in [-0.4, -0.2) is 6.21 Å². The first-order valence-corrected chi connectivity index (χ1v) is 4.54. The van der Waals surface area contributed by atoms with Crippen LogP contribution in [0.25, 0.3) is 0 Å². The quantitative estimate of drug-likeness (QED) is 0.542. The van der Waals surface area contributed by atoms with Gasteiger partial charge in [0, 0.05) is 6.21 Å². The maximum Gasteiger partial charge on any atom is 0.111 e. The third-order valence-electron chi connectivity index (χ3n) is 2.60. The van der Waals surface area contributed by atoms with Crippen molar-refractivity contribution in [3.63, 3.8) is 0 Å². The van der Waals surface area contributed by atoms with E-state index in [0.717, 1.165) is 5.92 Å². The molecule has 0 aromatic carbocycles. The third kappa shape index (κ3) is 1.52. The molecular formula is C10H14N. The third-order valence-corrected chi connectivity index (χ3v) is 2.60. The van der Waals surface area contributed by atoms with Gasteiger partial charge in [-0.3, -0.25) is 4.99 Å². The van der Waals surface area contributed by atoms with Crippen LogP contribution >= 0.6 is 0 Å². The molecule has 1 aliphatic heterocycles. The zero-order valence-corrected chi connectivity index (χ0v) is 6.79. The Kier molecular flexibility index (Phi) is 2.06. The lowest BCUT2D eigenvalue weighted by Crippen LogP contribution is -2.11. The number of hydrogen-bond acceptors (Lipinski definition) is 1. The monoisotopic (exact) mass is 148 g/mol. The van der Waals surface area contributed by atoms with Crippen molar-refractivity contribution in [1.82, 2.24) is 0 Å². The van der Waals surface area contributed by atoms with Crippen molar-refractivity contribution in [1.29, 1.82) is 0 Å². The first kappa shape index (κ1) is 7.08. The van der Waals surface area contributed by atoms with Gasteiger partial charge in [-0.2, -0.15) is 0 Å². The molecule has 1 radical (unpaired) electrons. The summed E-state index contributed by atoms with van der Waals surface area (Å²) < 4.78 is 0. The van der Waals surface area contributed by atoms with Gasteiger partial charge < -0.3 is 0 Å². The Labute approximate surface area is 68.2 Å². The standard InChI is InChI=1S/C10H14N/c1-2-5-9(6-3-1)10-7-4-8-11-10/h4,7-9H,1-3,5-6H2. The van der Waals surface area contributed by atoms with Crippen LogP contribution < -0.4 is 0 Å². The summed E-state index contributed by atoms with van der Waals surface area (Å²) in [6.07, 6.45) is 13.1. The molecular weight excluding hydrogens is 134 g/mol. The molecule has 1 fully saturated rings. The van der Waals surface area contributed by atoms with Crippen LogP contribution in [0.2, 0.25) is 0 Å². The highest BCUT2D eigenvalue weighted by atomic mass is 14.8. The number of hydrogen-bond donors (Lipinski definition) is 0. The Hall–Kier alpha value is -0.590. The largest absolute Gasteiger partial charge is 0.279 e. The molecule has 1 aliphatic carbocycles. The molecule has 0 N–H and O–H groups in total. The fraction of sp³-hybridized carbons (Fsp3) is 0.600. The zero-order chi connectivity index (χ0) is 7.52. The summed E-state index contributed by atoms with van der Waals surface area (Å²) in [4.78, 5) is 4.34. The minimum absolute atomic E-state index is 0.777. The highest BCUT2D eigenvalue weighted by Crippen LogP contribution is 2.33. The normalized spacial score (nSPS) is 26.5. The Morgan fingerprint density at radius 2 is 2.00 bits per heavy atom. The van der Waals surface area contributed by atoms with E-state index in [1.807, 2.05) is 12.3 Å². The van der Waals surface area contributed by atoms with Crippen molar-refractivity contribution in [3.05, 3.63) is 18.2 Å². The summed E-state index contributed by atoms with van der Waals surface area (Å²) in [6.45, 7) is 0. The molecule has 0 amide bonds. The summed E-state index contributed by atoms with van der Waals surface area (Å²) in [5.74, 6) is 0.777. The Balaban J connectivity index is 1.92. The molecule has 0 unspecified atom stereocenters. The van der Waals surface area contributed by atoms with E-state index in [-0.39, 0.29) is 0 Å². The molecule has 0 bridgehead atoms. The average molecular weight is 148 g/mol. The Morgan fingerprint density at radius 1 is 1.18 bits per heavy atom. The van der Waals surface area contributed by atoms with Gasteiger partial charge in [0.15, 0.2) is 0 Å². The number of nitrogens with zero attached hydrogens (tertiary/aromatic N) is 1. The van der Waals surface area contributed by atoms with Crippen molar-refractivity contribution in [2.75, 3.05) is 0 Å². The van der Waals surface area contributed by atoms with Gasteiger partial charge in [-0.05, 0) is 24.8 Å². The van der Waals surface area contributed by atoms with E-state index in [0.29, 0.717) is 0 Å². The number of allylic oxidation sites excluding steroid dienone is 1. The van der Waals surface area contributed by atoms with Gasteiger partial charge >= 0.3 is 0 Å². The molecule has 1 saturated carbocycles. The van der Waals surface area contributed by atoms with Crippen LogP contribution in [0.15, 0.2) is 17.1 Å². The smallest absolute Gasteiger partial charge is 0.111 e. The topological polar surface area (TPSA) is 12.4 Å². The van der Waals surface area contributed by atoms with Crippen molar-refractivity contribution < 1.29 is 0 Å². The number of rotatable bonds is 1. The van der Waals surface area contributed by atoms with E-state index in [2.05, 4.69) is 11.1 Å². The SMILES string of the molecule is C1=C[C](C2CCCCC2)N=C1. The molecule has 0 saturated heterocycles. The van der Waals surface area contributed by atoms with E-state index < -0.39 is 0 Å². The highest BCUT2D eigenvalue weighted by molar-refractivity contribution is 5.76. The minimum atomic E-state index is 0.777. The van der Waals surface area contributed by atoms with Gasteiger partial charge in [0.05, 0.1) is 0 Å². The average Bonchev–Trinajstić information content (AvgIpc) is 2.58. The maximum atomic E-state index is 4.34. The van der Waals surface area contributed by atoms with Crippen LogP contribution in [0.5, 0.6) is 0 Å². The summed E-state index contributed by atoms with van der Waals surface area (Å²) in [5.41, 5.74) is 0. The molecule has 0 atom stereocenters. The van der Waals surface area contributed by atoms with Gasteiger partial charge in [-0.1, -0.05) is 25.3 Å². The van der Waals surface area contributed by atoms with Crippen molar-refractivity contribution in [2.45, 2.75) is 32.1 Å². The lowest BCUT2D eigenvalue weighted by molar-refractivity contribution is 0.379. The molecule has 0 aromatic heterocycles. The summed E-state index contributed by atoms with van der Waals surface area (Å²) in [5, 5.41) is 0. The summed E-state index contributed by atoms with van der Waals surface area (Å²) >= 11 is 0. The van der Waals surface area contributed by atoms with Crippen LogP contribution in [-0.2, 0) is 0 Å². The van der Waals surface area contributed by atoms with Gasteiger partial charge in [-0.15, -0.1) is 0 Å². The number of aliphatic imine (C=N–C) groups is 1. The van der Waals surface area contributed by atoms with E-state index in [9.17, 15) is 0 Å². The van der Waals surface area contributed by atoms with E-state index in [4.69, 9.17) is 0 Å². The molecule has 0 aromatic rings. The van der Waals surface area contributed by atoms with E-state index in [1.165, 1.54) is 38.1 Å². The Bertz CT molecular complexity index is 163. The lowest BCUT2D eigenvalue weighted by Gasteiger charge is -2.23. The zero-order valence-electron chi connectivity index (χ0n) is 6.79. The fourth-order valence-corrected chi connectivity index (χ4v) is 1.95. The molecule has 11 heavy (non-hydrogen) atoms. The Morgan fingerprint density at radius 3 is 2.64 bits per heavy atom. The summed E-state index contributed by atoms with van der Waals surface area (Å²) in [6, 6.07) is 1.32. The molecule has 1 nitrogen and oxygen atoms in total. The predicted molar refractivity (Wildman–Crippen MR) is 47.5 cm³/mol. The highest BCUT2D eigenvalue weighted by Gasteiger charge is 2.22. The van der Waals surface area contributed by atoms with Gasteiger partial charge in [0.2, 0.25) is 0 Å². The van der Waals surface area contributed by atoms with Crippen LogP contribution in [0.1, 0.15) is 32.1 Å². The van der Waals surface area contributed by atoms with Gasteiger partial charge in [0.25, 0.3) is 0 Å². The van der Waals surface area contributed by atoms with Crippen molar-refractivity contribution >= 4 is 6.21 Å². The van der Waals surface area contributed by atoms with Crippen molar-refractivity contribution in [3.8, 4) is 0 Å². The van der Waals surface area contributed by atoms with Crippen molar-refractivity contribution in [2.24, 2.45) is 10.9 Å². The molecule has 59 valence electrons. The van der Waals surface area contributed by atoms with Crippen LogP contribution in [0.4, 0.5) is 0 Å². The first-order valence-electron chi connectivity index (χ1n) is 4.54. The van der Waals surface area contributed by atoms with Gasteiger partial charge in [-0.25, -0.2) is 0 Å². The molecule has 0 spiro atoms. The predicted octanol–water partition coefficient (Wildman–Crippen LogP) is 2.74. The molecule has 1 heterocycles. The first-order chi connectivity index (χ1) is 5.47. The van der Waals surface area contributed by atoms with Gasteiger partial charge in [0.1, 0.15) is 6.04 Å². The second-order valence-corrected chi connectivity index (χ2v) is 3.40. The molecule has 1 heteroatoms.